The molecular formula is C19H22O4. The molecule has 23 heavy (non-hydrogen) atoms. The number of esters is 1. The summed E-state index contributed by atoms with van der Waals surface area (Å²) in [5.41, 5.74) is 2.74. The van der Waals surface area contributed by atoms with Crippen LogP contribution in [0.25, 0.3) is 0 Å². The summed E-state index contributed by atoms with van der Waals surface area (Å²) in [5.74, 6) is 0.796. The lowest BCUT2D eigenvalue weighted by atomic mass is 10.1. The van der Waals surface area contributed by atoms with Crippen LogP contribution < -0.4 is 9.47 Å². The van der Waals surface area contributed by atoms with E-state index in [1.807, 2.05) is 38.1 Å². The van der Waals surface area contributed by atoms with E-state index < -0.39 is 0 Å². The van der Waals surface area contributed by atoms with Gasteiger partial charge in [-0.2, -0.15) is 0 Å². The van der Waals surface area contributed by atoms with Gasteiger partial charge in [0, 0.05) is 0 Å². The van der Waals surface area contributed by atoms with Gasteiger partial charge in [0.25, 0.3) is 0 Å². The Bertz CT molecular complexity index is 647. The fraction of sp³-hybridized carbons (Fsp3) is 0.316. The highest BCUT2D eigenvalue weighted by Gasteiger charge is 2.12. The van der Waals surface area contributed by atoms with Gasteiger partial charge in [-0.1, -0.05) is 29.8 Å². The molecule has 2 rings (SSSR count). The van der Waals surface area contributed by atoms with Gasteiger partial charge in [-0.3, -0.25) is 0 Å². The van der Waals surface area contributed by atoms with Crippen LogP contribution in [0.2, 0.25) is 0 Å². The van der Waals surface area contributed by atoms with E-state index >= 15 is 0 Å². The van der Waals surface area contributed by atoms with Crippen LogP contribution in [0.1, 0.15) is 35.3 Å². The minimum absolute atomic E-state index is 0.342. The maximum absolute atomic E-state index is 11.8. The van der Waals surface area contributed by atoms with Crippen LogP contribution in [0, 0.1) is 6.92 Å². The van der Waals surface area contributed by atoms with Crippen molar-refractivity contribution in [3.63, 3.8) is 0 Å². The van der Waals surface area contributed by atoms with Gasteiger partial charge in [-0.25, -0.2) is 4.79 Å². The van der Waals surface area contributed by atoms with E-state index in [1.165, 1.54) is 5.56 Å². The summed E-state index contributed by atoms with van der Waals surface area (Å²) in [6.45, 7) is 6.99. The number of hydrogen-bond acceptors (Lipinski definition) is 4. The minimum Gasteiger partial charge on any atom is -0.490 e. The molecule has 4 heteroatoms. The van der Waals surface area contributed by atoms with E-state index in [0.29, 0.717) is 36.9 Å². The van der Waals surface area contributed by atoms with Crippen molar-refractivity contribution in [3.05, 3.63) is 59.2 Å². The molecule has 0 fully saturated rings. The molecule has 0 aromatic heterocycles. The third-order valence-electron chi connectivity index (χ3n) is 3.27. The number of ether oxygens (including phenoxy) is 3. The predicted molar refractivity (Wildman–Crippen MR) is 89.1 cm³/mol. The van der Waals surface area contributed by atoms with E-state index in [9.17, 15) is 4.79 Å². The molecule has 0 spiro atoms. The molecule has 0 saturated heterocycles. The highest BCUT2D eigenvalue weighted by molar-refractivity contribution is 5.90. The van der Waals surface area contributed by atoms with Gasteiger partial charge in [0.05, 0.1) is 18.8 Å². The number of carbonyl (C=O) groups excluding carboxylic acids is 1. The number of hydrogen-bond donors (Lipinski definition) is 0. The summed E-state index contributed by atoms with van der Waals surface area (Å²) in [4.78, 5) is 11.8. The van der Waals surface area contributed by atoms with Crippen LogP contribution in [0.3, 0.4) is 0 Å². The molecule has 2 aromatic rings. The average molecular weight is 314 g/mol. The summed E-state index contributed by atoms with van der Waals surface area (Å²) in [6.07, 6.45) is 0. The van der Waals surface area contributed by atoms with E-state index in [-0.39, 0.29) is 5.97 Å². The summed E-state index contributed by atoms with van der Waals surface area (Å²) in [7, 11) is 0. The van der Waals surface area contributed by atoms with Gasteiger partial charge < -0.3 is 14.2 Å². The highest BCUT2D eigenvalue weighted by Crippen LogP contribution is 2.29. The second-order valence-electron chi connectivity index (χ2n) is 5.09. The molecule has 0 N–H and O–H groups in total. The van der Waals surface area contributed by atoms with Crippen LogP contribution in [0.15, 0.2) is 42.5 Å². The number of aryl methyl sites for hydroxylation is 1. The van der Waals surface area contributed by atoms with Crippen molar-refractivity contribution in [1.29, 1.82) is 0 Å². The van der Waals surface area contributed by atoms with Gasteiger partial charge in [0.2, 0.25) is 0 Å². The Morgan fingerprint density at radius 1 is 0.913 bits per heavy atom. The largest absolute Gasteiger partial charge is 0.490 e. The minimum atomic E-state index is -0.362. The third-order valence-corrected chi connectivity index (χ3v) is 3.27. The lowest BCUT2D eigenvalue weighted by Crippen LogP contribution is -2.06. The molecule has 2 aromatic carbocycles. The zero-order valence-electron chi connectivity index (χ0n) is 13.8. The molecule has 4 nitrogen and oxygen atoms in total. The van der Waals surface area contributed by atoms with Crippen LogP contribution in [0.4, 0.5) is 0 Å². The summed E-state index contributed by atoms with van der Waals surface area (Å²) < 4.78 is 16.4. The van der Waals surface area contributed by atoms with E-state index in [0.717, 1.165) is 5.56 Å². The molecule has 0 heterocycles. The zero-order chi connectivity index (χ0) is 16.7. The molecule has 0 atom stereocenters. The molecule has 0 amide bonds. The Balaban J connectivity index is 2.13. The molecule has 0 radical (unpaired) electrons. The Labute approximate surface area is 137 Å². The topological polar surface area (TPSA) is 44.8 Å². The summed E-state index contributed by atoms with van der Waals surface area (Å²) >= 11 is 0. The normalized spacial score (nSPS) is 10.2. The lowest BCUT2D eigenvalue weighted by Gasteiger charge is -2.13. The molecule has 0 aliphatic rings. The predicted octanol–water partition coefficient (Wildman–Crippen LogP) is 4.15. The van der Waals surface area contributed by atoms with E-state index in [4.69, 9.17) is 14.2 Å². The highest BCUT2D eigenvalue weighted by atomic mass is 16.5. The van der Waals surface area contributed by atoms with E-state index in [2.05, 4.69) is 0 Å². The van der Waals surface area contributed by atoms with Gasteiger partial charge in [-0.05, 0) is 44.5 Å². The van der Waals surface area contributed by atoms with Gasteiger partial charge >= 0.3 is 5.97 Å². The summed E-state index contributed by atoms with van der Waals surface area (Å²) in [5, 5.41) is 0. The van der Waals surface area contributed by atoms with Gasteiger partial charge in [0.1, 0.15) is 6.61 Å². The van der Waals surface area contributed by atoms with Crippen molar-refractivity contribution >= 4 is 5.97 Å². The second-order valence-corrected chi connectivity index (χ2v) is 5.09. The van der Waals surface area contributed by atoms with Gasteiger partial charge in [-0.15, -0.1) is 0 Å². The Hall–Kier alpha value is -2.49. The standard InChI is InChI=1S/C19H22O4/c1-4-21-18-12-16(19(20)22-5-2)10-11-17(18)23-13-15-8-6-14(3)7-9-15/h6-12H,4-5,13H2,1-3H3. The maximum atomic E-state index is 11.8. The van der Waals surface area contributed by atoms with Crippen molar-refractivity contribution in [3.8, 4) is 11.5 Å². The Kier molecular flexibility index (Phi) is 6.03. The van der Waals surface area contributed by atoms with Crippen molar-refractivity contribution in [2.24, 2.45) is 0 Å². The maximum Gasteiger partial charge on any atom is 0.338 e. The fourth-order valence-electron chi connectivity index (χ4n) is 2.08. The number of carbonyl (C=O) groups is 1. The molecule has 122 valence electrons. The average Bonchev–Trinajstić information content (AvgIpc) is 2.55. The monoisotopic (exact) mass is 314 g/mol. The molecule has 0 aliphatic carbocycles. The van der Waals surface area contributed by atoms with Crippen molar-refractivity contribution in [2.75, 3.05) is 13.2 Å². The van der Waals surface area contributed by atoms with Crippen molar-refractivity contribution in [2.45, 2.75) is 27.4 Å². The first kappa shape index (κ1) is 16.9. The molecule has 0 bridgehead atoms. The van der Waals surface area contributed by atoms with Gasteiger partial charge in [0.15, 0.2) is 11.5 Å². The number of rotatable bonds is 7. The second kappa shape index (κ2) is 8.22. The Morgan fingerprint density at radius 2 is 1.65 bits per heavy atom. The fourth-order valence-corrected chi connectivity index (χ4v) is 2.08. The number of benzene rings is 2. The SMILES string of the molecule is CCOC(=O)c1ccc(OCc2ccc(C)cc2)c(OCC)c1. The molecule has 0 unspecified atom stereocenters. The third kappa shape index (κ3) is 4.74. The quantitative estimate of drug-likeness (QED) is 0.720. The smallest absolute Gasteiger partial charge is 0.338 e. The Morgan fingerprint density at radius 3 is 2.30 bits per heavy atom. The first-order chi connectivity index (χ1) is 11.1. The van der Waals surface area contributed by atoms with Crippen LogP contribution in [-0.2, 0) is 11.3 Å². The molecular weight excluding hydrogens is 292 g/mol. The van der Waals surface area contributed by atoms with Crippen molar-refractivity contribution in [1.82, 2.24) is 0 Å². The molecule has 0 aliphatic heterocycles. The van der Waals surface area contributed by atoms with Crippen LogP contribution in [-0.4, -0.2) is 19.2 Å². The first-order valence-electron chi connectivity index (χ1n) is 7.76. The summed E-state index contributed by atoms with van der Waals surface area (Å²) in [6, 6.07) is 13.2. The van der Waals surface area contributed by atoms with E-state index in [1.54, 1.807) is 25.1 Å². The zero-order valence-corrected chi connectivity index (χ0v) is 13.8. The van der Waals surface area contributed by atoms with Crippen LogP contribution in [0.5, 0.6) is 11.5 Å². The first-order valence-corrected chi connectivity index (χ1v) is 7.76. The van der Waals surface area contributed by atoms with Crippen molar-refractivity contribution < 1.29 is 19.0 Å². The lowest BCUT2D eigenvalue weighted by molar-refractivity contribution is 0.0525. The molecule has 0 saturated carbocycles. The van der Waals surface area contributed by atoms with Crippen LogP contribution >= 0.6 is 0 Å².